The van der Waals surface area contributed by atoms with E-state index in [1.807, 2.05) is 17.0 Å². The Bertz CT molecular complexity index is 1120. The van der Waals surface area contributed by atoms with Gasteiger partial charge in [0.15, 0.2) is 0 Å². The van der Waals surface area contributed by atoms with Crippen LogP contribution in [0.3, 0.4) is 0 Å². The van der Waals surface area contributed by atoms with E-state index in [9.17, 15) is 9.59 Å². The summed E-state index contributed by atoms with van der Waals surface area (Å²) in [5.74, 6) is 0.113. The van der Waals surface area contributed by atoms with E-state index in [1.165, 1.54) is 5.56 Å². The number of amides is 2. The molecule has 0 bridgehead atoms. The second-order valence-corrected chi connectivity index (χ2v) is 8.51. The van der Waals surface area contributed by atoms with Crippen molar-refractivity contribution < 1.29 is 9.59 Å². The number of nitrogens with zero attached hydrogens (tertiary/aromatic N) is 2. The Balaban J connectivity index is 1.66. The van der Waals surface area contributed by atoms with E-state index in [4.69, 9.17) is 0 Å². The van der Waals surface area contributed by atoms with Gasteiger partial charge in [0.1, 0.15) is 6.04 Å². The van der Waals surface area contributed by atoms with Gasteiger partial charge in [0.05, 0.1) is 12.6 Å². The number of nitrogens with one attached hydrogen (secondary N) is 1. The predicted molar refractivity (Wildman–Crippen MR) is 117 cm³/mol. The number of hydrogen-bond donors (Lipinski definition) is 1. The van der Waals surface area contributed by atoms with Crippen molar-refractivity contribution in [1.29, 1.82) is 0 Å². The van der Waals surface area contributed by atoms with E-state index in [2.05, 4.69) is 55.2 Å². The summed E-state index contributed by atoms with van der Waals surface area (Å²) in [6.45, 7) is 4.99. The van der Waals surface area contributed by atoms with Crippen molar-refractivity contribution in [3.05, 3.63) is 70.9 Å². The second kappa shape index (κ2) is 7.31. The first kappa shape index (κ1) is 18.9. The Morgan fingerprint density at radius 2 is 1.83 bits per heavy atom. The Labute approximate surface area is 176 Å². The molecule has 2 aliphatic heterocycles. The van der Waals surface area contributed by atoms with Crippen molar-refractivity contribution in [2.45, 2.75) is 45.2 Å². The van der Waals surface area contributed by atoms with Crippen molar-refractivity contribution >= 4 is 22.7 Å². The number of aryl methyl sites for hydroxylation is 1. The highest BCUT2D eigenvalue weighted by Crippen LogP contribution is 2.42. The Hall–Kier alpha value is -3.08. The SMILES string of the molecule is CCCCN1CC(=O)N2[C@H](c3ccc(C)cc3)c3[nH]c4ccccc4c3C[C@@H]2C1=O. The molecule has 0 unspecified atom stereocenters. The summed E-state index contributed by atoms with van der Waals surface area (Å²) in [7, 11) is 0. The molecule has 1 N–H and O–H groups in total. The van der Waals surface area contributed by atoms with Gasteiger partial charge >= 0.3 is 0 Å². The van der Waals surface area contributed by atoms with E-state index < -0.39 is 6.04 Å². The molecule has 154 valence electrons. The normalized spacial score (nSPS) is 21.1. The maximum absolute atomic E-state index is 13.4. The number of hydrogen-bond acceptors (Lipinski definition) is 2. The van der Waals surface area contributed by atoms with Crippen molar-refractivity contribution in [3.8, 4) is 0 Å². The molecule has 30 heavy (non-hydrogen) atoms. The molecular formula is C25H27N3O2. The van der Waals surface area contributed by atoms with Crippen LogP contribution in [0, 0.1) is 6.92 Å². The highest BCUT2D eigenvalue weighted by Gasteiger charge is 2.47. The fourth-order valence-corrected chi connectivity index (χ4v) is 4.96. The number of benzene rings is 2. The molecule has 3 aromatic rings. The number of H-pyrrole nitrogens is 1. The minimum Gasteiger partial charge on any atom is -0.356 e. The zero-order valence-corrected chi connectivity index (χ0v) is 17.5. The summed E-state index contributed by atoms with van der Waals surface area (Å²) >= 11 is 0. The lowest BCUT2D eigenvalue weighted by Gasteiger charge is -2.47. The van der Waals surface area contributed by atoms with E-state index >= 15 is 0 Å². The molecule has 1 fully saturated rings. The Morgan fingerprint density at radius 3 is 2.60 bits per heavy atom. The lowest BCUT2D eigenvalue weighted by molar-refractivity contribution is -0.158. The third-order valence-electron chi connectivity index (χ3n) is 6.52. The van der Waals surface area contributed by atoms with Gasteiger partial charge in [-0.15, -0.1) is 0 Å². The number of aromatic amines is 1. The fraction of sp³-hybridized carbons (Fsp3) is 0.360. The van der Waals surface area contributed by atoms with Gasteiger partial charge in [-0.1, -0.05) is 61.4 Å². The molecule has 0 saturated carbocycles. The van der Waals surface area contributed by atoms with E-state index in [-0.39, 0.29) is 24.4 Å². The number of piperazine rings is 1. The monoisotopic (exact) mass is 401 g/mol. The zero-order chi connectivity index (χ0) is 20.8. The molecule has 1 aromatic heterocycles. The third kappa shape index (κ3) is 2.92. The van der Waals surface area contributed by atoms with E-state index in [0.717, 1.165) is 40.6 Å². The highest BCUT2D eigenvalue weighted by molar-refractivity contribution is 5.97. The molecule has 1 saturated heterocycles. The van der Waals surface area contributed by atoms with Gasteiger partial charge in [0.25, 0.3) is 0 Å². The van der Waals surface area contributed by atoms with Crippen LogP contribution < -0.4 is 0 Å². The molecule has 5 nitrogen and oxygen atoms in total. The maximum Gasteiger partial charge on any atom is 0.246 e. The first-order valence-corrected chi connectivity index (χ1v) is 10.8. The van der Waals surface area contributed by atoms with Crippen LogP contribution in [0.4, 0.5) is 0 Å². The average Bonchev–Trinajstić information content (AvgIpc) is 3.13. The molecule has 2 aromatic carbocycles. The molecule has 0 radical (unpaired) electrons. The summed E-state index contributed by atoms with van der Waals surface area (Å²) in [6, 6.07) is 15.8. The Morgan fingerprint density at radius 1 is 1.07 bits per heavy atom. The van der Waals surface area contributed by atoms with Gasteiger partial charge in [-0.25, -0.2) is 0 Å². The number of fused-ring (bicyclic) bond motifs is 4. The number of unbranched alkanes of at least 4 members (excludes halogenated alkanes) is 1. The van der Waals surface area contributed by atoms with Crippen LogP contribution in [0.2, 0.25) is 0 Å². The molecule has 2 atom stereocenters. The summed E-state index contributed by atoms with van der Waals surface area (Å²) < 4.78 is 0. The summed E-state index contributed by atoms with van der Waals surface area (Å²) in [5, 5.41) is 1.15. The van der Waals surface area contributed by atoms with Crippen molar-refractivity contribution in [2.24, 2.45) is 0 Å². The fourth-order valence-electron chi connectivity index (χ4n) is 4.96. The number of carbonyl (C=O) groups excluding carboxylic acids is 2. The summed E-state index contributed by atoms with van der Waals surface area (Å²) in [5.41, 5.74) is 5.48. The first-order chi connectivity index (χ1) is 14.6. The van der Waals surface area contributed by atoms with Crippen LogP contribution in [0.1, 0.15) is 48.2 Å². The number of para-hydroxylation sites is 1. The minimum atomic E-state index is -0.443. The summed E-state index contributed by atoms with van der Waals surface area (Å²) in [4.78, 5) is 34.0. The number of carbonyl (C=O) groups is 2. The molecule has 0 spiro atoms. The smallest absolute Gasteiger partial charge is 0.246 e. The van der Waals surface area contributed by atoms with Crippen molar-refractivity contribution in [3.63, 3.8) is 0 Å². The predicted octanol–water partition coefficient (Wildman–Crippen LogP) is 3.96. The highest BCUT2D eigenvalue weighted by atomic mass is 16.2. The van der Waals surface area contributed by atoms with Crippen LogP contribution in [-0.4, -0.2) is 45.7 Å². The molecule has 3 heterocycles. The second-order valence-electron chi connectivity index (χ2n) is 8.51. The van der Waals surface area contributed by atoms with Gasteiger partial charge in [-0.2, -0.15) is 0 Å². The van der Waals surface area contributed by atoms with Gasteiger partial charge in [0, 0.05) is 29.6 Å². The molecular weight excluding hydrogens is 374 g/mol. The van der Waals surface area contributed by atoms with Crippen LogP contribution in [-0.2, 0) is 16.0 Å². The van der Waals surface area contributed by atoms with Crippen LogP contribution in [0.5, 0.6) is 0 Å². The van der Waals surface area contributed by atoms with Gasteiger partial charge in [-0.05, 0) is 30.5 Å². The van der Waals surface area contributed by atoms with Crippen molar-refractivity contribution in [2.75, 3.05) is 13.1 Å². The van der Waals surface area contributed by atoms with Gasteiger partial charge in [-0.3, -0.25) is 9.59 Å². The molecule has 0 aliphatic carbocycles. The maximum atomic E-state index is 13.4. The molecule has 2 aliphatic rings. The van der Waals surface area contributed by atoms with E-state index in [1.54, 1.807) is 4.90 Å². The topological polar surface area (TPSA) is 56.4 Å². The van der Waals surface area contributed by atoms with Crippen LogP contribution >= 0.6 is 0 Å². The number of aromatic nitrogens is 1. The lowest BCUT2D eigenvalue weighted by Crippen LogP contribution is -2.63. The van der Waals surface area contributed by atoms with Crippen molar-refractivity contribution in [1.82, 2.24) is 14.8 Å². The molecule has 5 rings (SSSR count). The standard InChI is InChI=1S/C25H27N3O2/c1-3-4-13-27-15-22(29)28-21(25(27)30)14-19-18-7-5-6-8-20(18)26-23(19)24(28)17-11-9-16(2)10-12-17/h5-12,21,24,26H,3-4,13-15H2,1-2H3/t21-,24-/m1/s1. The first-order valence-electron chi connectivity index (χ1n) is 10.8. The third-order valence-corrected chi connectivity index (χ3v) is 6.52. The van der Waals surface area contributed by atoms with Crippen LogP contribution in [0.15, 0.2) is 48.5 Å². The summed E-state index contributed by atoms with van der Waals surface area (Å²) in [6.07, 6.45) is 2.49. The molecule has 2 amide bonds. The average molecular weight is 402 g/mol. The van der Waals surface area contributed by atoms with Gasteiger partial charge < -0.3 is 14.8 Å². The number of rotatable bonds is 4. The largest absolute Gasteiger partial charge is 0.356 e. The lowest BCUT2D eigenvalue weighted by atomic mass is 9.86. The van der Waals surface area contributed by atoms with E-state index in [0.29, 0.717) is 13.0 Å². The van der Waals surface area contributed by atoms with Gasteiger partial charge in [0.2, 0.25) is 11.8 Å². The zero-order valence-electron chi connectivity index (χ0n) is 17.5. The quantitative estimate of drug-likeness (QED) is 0.719. The molecule has 5 heteroatoms. The minimum absolute atomic E-state index is 0.0329. The Kier molecular flexibility index (Phi) is 4.61. The van der Waals surface area contributed by atoms with Crippen LogP contribution in [0.25, 0.3) is 10.9 Å².